The number of carbonyl (C=O) groups excluding carboxylic acids is 1. The molecule has 6 nitrogen and oxygen atoms in total. The molecule has 1 fully saturated rings. The number of aromatic nitrogens is 2. The molecule has 21 heavy (non-hydrogen) atoms. The summed E-state index contributed by atoms with van der Waals surface area (Å²) in [6, 6.07) is 0.0686. The van der Waals surface area contributed by atoms with Crippen LogP contribution in [0, 0.1) is 0 Å². The van der Waals surface area contributed by atoms with E-state index in [0.29, 0.717) is 4.60 Å². The number of ether oxygens (including phenoxy) is 1. The van der Waals surface area contributed by atoms with Gasteiger partial charge in [0.15, 0.2) is 0 Å². The zero-order valence-electron chi connectivity index (χ0n) is 12.6. The first-order chi connectivity index (χ1) is 9.83. The largest absolute Gasteiger partial charge is 0.444 e. The van der Waals surface area contributed by atoms with Gasteiger partial charge in [0.05, 0.1) is 12.4 Å². The minimum atomic E-state index is -0.477. The number of carbonyl (C=O) groups is 1. The Morgan fingerprint density at radius 1 is 1.43 bits per heavy atom. The maximum atomic E-state index is 11.8. The van der Waals surface area contributed by atoms with Gasteiger partial charge < -0.3 is 15.0 Å². The molecule has 1 aromatic rings. The molecule has 1 aromatic heterocycles. The van der Waals surface area contributed by atoms with Crippen molar-refractivity contribution >= 4 is 27.8 Å². The van der Waals surface area contributed by atoms with E-state index < -0.39 is 5.60 Å². The number of piperidine rings is 1. The topological polar surface area (TPSA) is 67.3 Å². The molecule has 1 amide bonds. The Kier molecular flexibility index (Phi) is 5.03. The molecule has 116 valence electrons. The summed E-state index contributed by atoms with van der Waals surface area (Å²) in [7, 11) is 0. The van der Waals surface area contributed by atoms with Gasteiger partial charge in [-0.25, -0.2) is 14.8 Å². The van der Waals surface area contributed by atoms with Gasteiger partial charge in [-0.2, -0.15) is 0 Å². The van der Waals surface area contributed by atoms with Crippen LogP contribution in [0.4, 0.5) is 10.6 Å². The number of nitrogens with zero attached hydrogens (tertiary/aromatic N) is 3. The van der Waals surface area contributed by atoms with Gasteiger partial charge in [0, 0.05) is 19.1 Å². The van der Waals surface area contributed by atoms with Gasteiger partial charge in [-0.05, 0) is 49.5 Å². The maximum Gasteiger partial charge on any atom is 0.407 e. The quantitative estimate of drug-likeness (QED) is 0.882. The minimum absolute atomic E-state index is 0.0686. The number of anilines is 1. The van der Waals surface area contributed by atoms with Crippen LogP contribution in [0.1, 0.15) is 33.6 Å². The van der Waals surface area contributed by atoms with Gasteiger partial charge in [0.25, 0.3) is 0 Å². The number of alkyl carbamates (subject to hydrolysis) is 1. The molecular formula is C14H21BrN4O2. The van der Waals surface area contributed by atoms with Crippen LogP contribution in [0.25, 0.3) is 0 Å². The lowest BCUT2D eigenvalue weighted by Gasteiger charge is -2.34. The molecule has 0 bridgehead atoms. The summed E-state index contributed by atoms with van der Waals surface area (Å²) < 4.78 is 6.01. The molecule has 0 spiro atoms. The van der Waals surface area contributed by atoms with Crippen LogP contribution in [0.5, 0.6) is 0 Å². The number of amides is 1. The molecule has 0 aliphatic carbocycles. The van der Waals surface area contributed by atoms with E-state index in [2.05, 4.69) is 36.1 Å². The summed E-state index contributed by atoms with van der Waals surface area (Å²) in [5, 5.41) is 2.93. The molecule has 7 heteroatoms. The molecule has 0 aromatic carbocycles. The van der Waals surface area contributed by atoms with Crippen molar-refractivity contribution in [3.05, 3.63) is 17.0 Å². The second-order valence-corrected chi connectivity index (χ2v) is 6.94. The van der Waals surface area contributed by atoms with Crippen molar-refractivity contribution in [1.29, 1.82) is 0 Å². The molecule has 0 radical (unpaired) electrons. The van der Waals surface area contributed by atoms with E-state index in [4.69, 9.17) is 4.74 Å². The predicted molar refractivity (Wildman–Crippen MR) is 84.3 cm³/mol. The summed E-state index contributed by atoms with van der Waals surface area (Å²) in [6.45, 7) is 7.21. The average molecular weight is 357 g/mol. The normalized spacial score (nSPS) is 19.2. The minimum Gasteiger partial charge on any atom is -0.444 e. The summed E-state index contributed by atoms with van der Waals surface area (Å²) in [5.41, 5.74) is -0.477. The van der Waals surface area contributed by atoms with Gasteiger partial charge in [-0.1, -0.05) is 0 Å². The van der Waals surface area contributed by atoms with Crippen molar-refractivity contribution < 1.29 is 9.53 Å². The fourth-order valence-electron chi connectivity index (χ4n) is 2.25. The molecule has 2 rings (SSSR count). The second kappa shape index (κ2) is 6.60. The van der Waals surface area contributed by atoms with E-state index in [1.54, 1.807) is 12.4 Å². The summed E-state index contributed by atoms with van der Waals surface area (Å²) >= 11 is 3.28. The van der Waals surface area contributed by atoms with Gasteiger partial charge in [-0.3, -0.25) is 0 Å². The van der Waals surface area contributed by atoms with E-state index in [1.165, 1.54) is 0 Å². The van der Waals surface area contributed by atoms with E-state index in [0.717, 1.165) is 31.7 Å². The Morgan fingerprint density at radius 2 is 2.19 bits per heavy atom. The highest BCUT2D eigenvalue weighted by molar-refractivity contribution is 9.10. The highest BCUT2D eigenvalue weighted by Crippen LogP contribution is 2.18. The molecule has 1 saturated heterocycles. The third kappa shape index (κ3) is 5.15. The number of hydrogen-bond donors (Lipinski definition) is 1. The Hall–Kier alpha value is -1.37. The van der Waals surface area contributed by atoms with Crippen LogP contribution >= 0.6 is 15.9 Å². The lowest BCUT2D eigenvalue weighted by atomic mass is 10.1. The summed E-state index contributed by atoms with van der Waals surface area (Å²) in [6.07, 6.45) is 4.99. The molecule has 0 saturated carbocycles. The molecule has 1 unspecified atom stereocenters. The monoisotopic (exact) mass is 356 g/mol. The molecule has 1 aliphatic heterocycles. The Balaban J connectivity index is 1.91. The third-order valence-electron chi connectivity index (χ3n) is 3.07. The highest BCUT2D eigenvalue weighted by Gasteiger charge is 2.24. The van der Waals surface area contributed by atoms with Crippen molar-refractivity contribution in [3.8, 4) is 0 Å². The lowest BCUT2D eigenvalue weighted by molar-refractivity contribution is 0.0500. The van der Waals surface area contributed by atoms with Crippen molar-refractivity contribution in [2.45, 2.75) is 45.3 Å². The van der Waals surface area contributed by atoms with Crippen molar-refractivity contribution in [2.24, 2.45) is 0 Å². The van der Waals surface area contributed by atoms with Gasteiger partial charge >= 0.3 is 6.09 Å². The predicted octanol–water partition coefficient (Wildman–Crippen LogP) is 2.73. The number of hydrogen-bond acceptors (Lipinski definition) is 5. The van der Waals surface area contributed by atoms with Crippen LogP contribution in [0.15, 0.2) is 17.0 Å². The Labute approximate surface area is 133 Å². The first kappa shape index (κ1) is 16.0. The van der Waals surface area contributed by atoms with Crippen LogP contribution in [0.2, 0.25) is 0 Å². The zero-order valence-corrected chi connectivity index (χ0v) is 14.2. The van der Waals surface area contributed by atoms with Gasteiger partial charge in [0.1, 0.15) is 16.0 Å². The fraction of sp³-hybridized carbons (Fsp3) is 0.643. The number of halogens is 1. The highest BCUT2D eigenvalue weighted by atomic mass is 79.9. The molecular weight excluding hydrogens is 336 g/mol. The third-order valence-corrected chi connectivity index (χ3v) is 3.48. The molecule has 1 N–H and O–H groups in total. The molecule has 2 heterocycles. The summed E-state index contributed by atoms with van der Waals surface area (Å²) in [5.74, 6) is 0.828. The molecule has 1 aliphatic rings. The van der Waals surface area contributed by atoms with Crippen LogP contribution in [0.3, 0.4) is 0 Å². The maximum absolute atomic E-state index is 11.8. The molecule has 1 atom stereocenters. The van der Waals surface area contributed by atoms with Crippen molar-refractivity contribution in [3.63, 3.8) is 0 Å². The van der Waals surface area contributed by atoms with Gasteiger partial charge in [-0.15, -0.1) is 0 Å². The average Bonchev–Trinajstić information content (AvgIpc) is 2.37. The van der Waals surface area contributed by atoms with Crippen LogP contribution < -0.4 is 10.2 Å². The Bertz CT molecular complexity index is 487. The Morgan fingerprint density at radius 3 is 2.81 bits per heavy atom. The van der Waals surface area contributed by atoms with E-state index in [9.17, 15) is 4.79 Å². The smallest absolute Gasteiger partial charge is 0.407 e. The van der Waals surface area contributed by atoms with E-state index in [-0.39, 0.29) is 12.1 Å². The second-order valence-electron chi connectivity index (χ2n) is 6.13. The number of nitrogens with one attached hydrogen (secondary N) is 1. The van der Waals surface area contributed by atoms with Crippen LogP contribution in [-0.4, -0.2) is 40.8 Å². The van der Waals surface area contributed by atoms with Crippen molar-refractivity contribution in [1.82, 2.24) is 15.3 Å². The zero-order chi connectivity index (χ0) is 15.5. The van der Waals surface area contributed by atoms with Gasteiger partial charge in [0.2, 0.25) is 0 Å². The first-order valence-corrected chi connectivity index (χ1v) is 7.85. The summed E-state index contributed by atoms with van der Waals surface area (Å²) in [4.78, 5) is 22.5. The van der Waals surface area contributed by atoms with E-state index >= 15 is 0 Å². The fourth-order valence-corrected chi connectivity index (χ4v) is 2.45. The van der Waals surface area contributed by atoms with Crippen molar-refractivity contribution in [2.75, 3.05) is 18.0 Å². The number of rotatable bonds is 2. The lowest BCUT2D eigenvalue weighted by Crippen LogP contribution is -2.49. The SMILES string of the molecule is CC(C)(C)OC(=O)NC1CCCN(c2cnc(Br)cn2)C1. The first-order valence-electron chi connectivity index (χ1n) is 7.05. The van der Waals surface area contributed by atoms with Crippen LogP contribution in [-0.2, 0) is 4.74 Å². The standard InChI is InChI=1S/C14H21BrN4O2/c1-14(2,3)21-13(20)18-10-5-4-6-19(9-10)12-8-16-11(15)7-17-12/h7-8,10H,4-6,9H2,1-3H3,(H,18,20). The van der Waals surface area contributed by atoms with E-state index in [1.807, 2.05) is 20.8 Å².